The van der Waals surface area contributed by atoms with Gasteiger partial charge in [0, 0.05) is 20.1 Å². The number of nitrogens with one attached hydrogen (secondary N) is 1. The summed E-state index contributed by atoms with van der Waals surface area (Å²) in [6, 6.07) is 0. The molecule has 1 heterocycles. The van der Waals surface area contributed by atoms with Crippen molar-refractivity contribution in [2.45, 2.75) is 13.8 Å². The van der Waals surface area contributed by atoms with E-state index in [1.54, 1.807) is 7.05 Å². The maximum atomic E-state index is 5.55. The van der Waals surface area contributed by atoms with E-state index in [-0.39, 0.29) is 5.95 Å². The van der Waals surface area contributed by atoms with Gasteiger partial charge in [-0.25, -0.2) is 0 Å². The van der Waals surface area contributed by atoms with Crippen molar-refractivity contribution in [1.82, 2.24) is 15.0 Å². The molecule has 0 saturated heterocycles. The van der Waals surface area contributed by atoms with Crippen LogP contribution in [0.5, 0.6) is 0 Å². The smallest absolute Gasteiger partial charge is 0.231 e. The largest absolute Gasteiger partial charge is 0.368 e. The van der Waals surface area contributed by atoms with E-state index in [1.807, 2.05) is 18.7 Å². The van der Waals surface area contributed by atoms with Crippen molar-refractivity contribution >= 4 is 17.8 Å². The molecule has 3 N–H and O–H groups in total. The highest BCUT2D eigenvalue weighted by Gasteiger charge is 2.08. The van der Waals surface area contributed by atoms with Crippen LogP contribution in [0, 0.1) is 0 Å². The molecule has 1 rings (SSSR count). The summed E-state index contributed by atoms with van der Waals surface area (Å²) < 4.78 is 0. The first-order chi connectivity index (χ1) is 6.71. The lowest BCUT2D eigenvalue weighted by Gasteiger charge is -2.18. The van der Waals surface area contributed by atoms with Gasteiger partial charge in [0.25, 0.3) is 0 Å². The first-order valence-corrected chi connectivity index (χ1v) is 4.65. The number of nitrogens with zero attached hydrogens (tertiary/aromatic N) is 4. The van der Waals surface area contributed by atoms with Gasteiger partial charge in [-0.15, -0.1) is 0 Å². The van der Waals surface area contributed by atoms with Crippen molar-refractivity contribution in [3.05, 3.63) is 0 Å². The zero-order chi connectivity index (χ0) is 10.6. The van der Waals surface area contributed by atoms with E-state index in [0.29, 0.717) is 11.9 Å². The van der Waals surface area contributed by atoms with Gasteiger partial charge >= 0.3 is 0 Å². The van der Waals surface area contributed by atoms with Crippen molar-refractivity contribution in [1.29, 1.82) is 0 Å². The van der Waals surface area contributed by atoms with Crippen molar-refractivity contribution in [3.8, 4) is 0 Å². The molecular weight excluding hydrogens is 180 g/mol. The van der Waals surface area contributed by atoms with Crippen molar-refractivity contribution in [2.24, 2.45) is 0 Å². The maximum Gasteiger partial charge on any atom is 0.231 e. The van der Waals surface area contributed by atoms with Crippen LogP contribution in [0.3, 0.4) is 0 Å². The molecule has 0 aliphatic rings. The Bertz CT molecular complexity index is 296. The summed E-state index contributed by atoms with van der Waals surface area (Å²) in [6.07, 6.45) is 0. The van der Waals surface area contributed by atoms with E-state index >= 15 is 0 Å². The average molecular weight is 196 g/mol. The fourth-order valence-electron chi connectivity index (χ4n) is 1.14. The molecule has 0 atom stereocenters. The monoisotopic (exact) mass is 196 g/mol. The Morgan fingerprint density at radius 1 is 1.21 bits per heavy atom. The van der Waals surface area contributed by atoms with Crippen LogP contribution in [0.4, 0.5) is 17.8 Å². The van der Waals surface area contributed by atoms with Gasteiger partial charge in [-0.1, -0.05) is 0 Å². The zero-order valence-corrected chi connectivity index (χ0v) is 8.78. The molecule has 0 fully saturated rings. The Kier molecular flexibility index (Phi) is 3.44. The fraction of sp³-hybridized carbons (Fsp3) is 0.625. The predicted molar refractivity (Wildman–Crippen MR) is 57.3 cm³/mol. The molecule has 1 aromatic heterocycles. The van der Waals surface area contributed by atoms with Crippen LogP contribution in [0.2, 0.25) is 0 Å². The third-order valence-corrected chi connectivity index (χ3v) is 1.91. The molecule has 1 aromatic rings. The number of anilines is 3. The third-order valence-electron chi connectivity index (χ3n) is 1.91. The van der Waals surface area contributed by atoms with Gasteiger partial charge in [0.2, 0.25) is 17.8 Å². The van der Waals surface area contributed by atoms with E-state index in [2.05, 4.69) is 20.3 Å². The van der Waals surface area contributed by atoms with E-state index < -0.39 is 0 Å². The second-order valence-corrected chi connectivity index (χ2v) is 2.74. The molecule has 0 saturated carbocycles. The van der Waals surface area contributed by atoms with E-state index in [1.165, 1.54) is 0 Å². The molecule has 0 spiro atoms. The number of nitrogen functional groups attached to an aromatic ring is 1. The molecule has 6 nitrogen and oxygen atoms in total. The van der Waals surface area contributed by atoms with Crippen LogP contribution < -0.4 is 16.0 Å². The lowest BCUT2D eigenvalue weighted by atomic mass is 10.5. The summed E-state index contributed by atoms with van der Waals surface area (Å²) in [4.78, 5) is 14.2. The minimum absolute atomic E-state index is 0.242. The maximum absolute atomic E-state index is 5.55. The Morgan fingerprint density at radius 3 is 2.36 bits per heavy atom. The van der Waals surface area contributed by atoms with E-state index in [4.69, 9.17) is 5.73 Å². The van der Waals surface area contributed by atoms with Crippen LogP contribution in [0.1, 0.15) is 13.8 Å². The van der Waals surface area contributed by atoms with Crippen LogP contribution in [0.15, 0.2) is 0 Å². The minimum Gasteiger partial charge on any atom is -0.368 e. The Labute approximate surface area is 83.6 Å². The second kappa shape index (κ2) is 4.59. The highest BCUT2D eigenvalue weighted by atomic mass is 15.3. The van der Waals surface area contributed by atoms with Crippen molar-refractivity contribution < 1.29 is 0 Å². The lowest BCUT2D eigenvalue weighted by Crippen LogP contribution is -2.25. The summed E-state index contributed by atoms with van der Waals surface area (Å²) in [5.41, 5.74) is 5.55. The highest BCUT2D eigenvalue weighted by molar-refractivity contribution is 5.41. The van der Waals surface area contributed by atoms with E-state index in [0.717, 1.165) is 13.1 Å². The van der Waals surface area contributed by atoms with Gasteiger partial charge in [0.1, 0.15) is 0 Å². The second-order valence-electron chi connectivity index (χ2n) is 2.74. The molecule has 0 bridgehead atoms. The summed E-state index contributed by atoms with van der Waals surface area (Å²) in [5.74, 6) is 1.36. The number of rotatable bonds is 4. The molecule has 0 unspecified atom stereocenters. The first-order valence-electron chi connectivity index (χ1n) is 4.65. The van der Waals surface area contributed by atoms with Crippen LogP contribution in [-0.2, 0) is 0 Å². The van der Waals surface area contributed by atoms with Gasteiger partial charge in [-0.2, -0.15) is 15.0 Å². The summed E-state index contributed by atoms with van der Waals surface area (Å²) >= 11 is 0. The van der Waals surface area contributed by atoms with Crippen molar-refractivity contribution in [2.75, 3.05) is 36.1 Å². The molecule has 78 valence electrons. The van der Waals surface area contributed by atoms with Crippen LogP contribution >= 0.6 is 0 Å². The lowest BCUT2D eigenvalue weighted by molar-refractivity contribution is 0.816. The van der Waals surface area contributed by atoms with Gasteiger partial charge in [-0.05, 0) is 13.8 Å². The normalized spacial score (nSPS) is 9.93. The molecule has 0 radical (unpaired) electrons. The highest BCUT2D eigenvalue weighted by Crippen LogP contribution is 2.10. The van der Waals surface area contributed by atoms with Crippen LogP contribution in [-0.4, -0.2) is 35.1 Å². The molecule has 0 aliphatic carbocycles. The van der Waals surface area contributed by atoms with Gasteiger partial charge in [0.15, 0.2) is 0 Å². The number of hydrogen-bond donors (Lipinski definition) is 2. The fourth-order valence-corrected chi connectivity index (χ4v) is 1.14. The first kappa shape index (κ1) is 10.5. The molecule has 6 heteroatoms. The van der Waals surface area contributed by atoms with Gasteiger partial charge < -0.3 is 16.0 Å². The SMILES string of the molecule is CCN(CC)c1nc(N)nc(NC)n1. The third kappa shape index (κ3) is 2.21. The molecule has 14 heavy (non-hydrogen) atoms. The van der Waals surface area contributed by atoms with Gasteiger partial charge in [0.05, 0.1) is 0 Å². The molecule has 0 aromatic carbocycles. The summed E-state index contributed by atoms with van der Waals surface area (Å²) in [7, 11) is 1.75. The minimum atomic E-state index is 0.242. The van der Waals surface area contributed by atoms with Gasteiger partial charge in [-0.3, -0.25) is 0 Å². The quantitative estimate of drug-likeness (QED) is 0.723. The molecule has 0 aliphatic heterocycles. The predicted octanol–water partition coefficient (Wildman–Crippen LogP) is 0.342. The number of nitrogens with two attached hydrogens (primary N) is 1. The molecular formula is C8H16N6. The number of hydrogen-bond acceptors (Lipinski definition) is 6. The van der Waals surface area contributed by atoms with Crippen LogP contribution in [0.25, 0.3) is 0 Å². The molecule has 0 amide bonds. The Hall–Kier alpha value is -1.59. The zero-order valence-electron chi connectivity index (χ0n) is 8.78. The Balaban J connectivity index is 3.01. The standard InChI is InChI=1S/C8H16N6/c1-4-14(5-2)8-12-6(9)11-7(10-3)13-8/h4-5H2,1-3H3,(H3,9,10,11,12,13). The Morgan fingerprint density at radius 2 is 1.86 bits per heavy atom. The number of aromatic nitrogens is 3. The average Bonchev–Trinajstić information content (AvgIpc) is 2.19. The van der Waals surface area contributed by atoms with Crippen molar-refractivity contribution in [3.63, 3.8) is 0 Å². The summed E-state index contributed by atoms with van der Waals surface area (Å²) in [6.45, 7) is 5.79. The topological polar surface area (TPSA) is 80.0 Å². The summed E-state index contributed by atoms with van der Waals surface area (Å²) in [5, 5.41) is 2.84. The van der Waals surface area contributed by atoms with E-state index in [9.17, 15) is 0 Å².